The molecule has 0 fully saturated rings. The maximum Gasteiger partial charge on any atom is 0.162 e. The quantitative estimate of drug-likeness (QED) is 0.792. The molecule has 1 atom stereocenters. The molecule has 0 radical (unpaired) electrons. The monoisotopic (exact) mass is 216 g/mol. The van der Waals surface area contributed by atoms with Crippen molar-refractivity contribution in [3.8, 4) is 11.5 Å². The lowest BCUT2D eigenvalue weighted by Crippen LogP contribution is -2.32. The second-order valence-corrected chi connectivity index (χ2v) is 3.88. The van der Waals surface area contributed by atoms with Crippen LogP contribution in [0.4, 0.5) is 0 Å². The molecule has 2 aromatic carbocycles. The molecule has 2 aromatic rings. The molecule has 0 saturated carbocycles. The van der Waals surface area contributed by atoms with Gasteiger partial charge in [-0.05, 0) is 22.9 Å². The highest BCUT2D eigenvalue weighted by Crippen LogP contribution is 2.35. The van der Waals surface area contributed by atoms with Gasteiger partial charge < -0.3 is 14.6 Å². The normalized spacial score (nSPS) is 18.7. The molecule has 0 saturated heterocycles. The fourth-order valence-electron chi connectivity index (χ4n) is 1.89. The van der Waals surface area contributed by atoms with Crippen LogP contribution in [0.5, 0.6) is 11.5 Å². The van der Waals surface area contributed by atoms with Gasteiger partial charge in [0.25, 0.3) is 0 Å². The second kappa shape index (κ2) is 3.68. The summed E-state index contributed by atoms with van der Waals surface area (Å²) in [5.74, 6) is 1.47. The van der Waals surface area contributed by atoms with Gasteiger partial charge in [-0.1, -0.05) is 24.3 Å². The van der Waals surface area contributed by atoms with Crippen molar-refractivity contribution in [3.63, 3.8) is 0 Å². The van der Waals surface area contributed by atoms with Gasteiger partial charge in [-0.25, -0.2) is 0 Å². The van der Waals surface area contributed by atoms with Gasteiger partial charge in [0.1, 0.15) is 6.61 Å². The van der Waals surface area contributed by atoms with Crippen molar-refractivity contribution in [2.45, 2.75) is 6.10 Å². The van der Waals surface area contributed by atoms with Crippen LogP contribution in [0, 0.1) is 0 Å². The molecule has 3 nitrogen and oxygen atoms in total. The molecule has 0 amide bonds. The van der Waals surface area contributed by atoms with Gasteiger partial charge in [0.2, 0.25) is 0 Å². The largest absolute Gasteiger partial charge is 0.486 e. The average Bonchev–Trinajstić information content (AvgIpc) is 2.35. The van der Waals surface area contributed by atoms with Crippen molar-refractivity contribution in [1.29, 1.82) is 0 Å². The minimum atomic E-state index is -0.256. The Morgan fingerprint density at radius 2 is 1.81 bits per heavy atom. The van der Waals surface area contributed by atoms with E-state index in [1.807, 2.05) is 36.4 Å². The molecule has 3 rings (SSSR count). The fraction of sp³-hybridized carbons (Fsp3) is 0.231. The number of aliphatic hydroxyl groups is 1. The first-order chi connectivity index (χ1) is 7.86. The third-order valence-electron chi connectivity index (χ3n) is 2.73. The molecule has 1 aliphatic heterocycles. The zero-order valence-corrected chi connectivity index (χ0v) is 8.72. The molecule has 1 N–H and O–H groups in total. The third kappa shape index (κ3) is 1.49. The minimum Gasteiger partial charge on any atom is -0.486 e. The van der Waals surface area contributed by atoms with Gasteiger partial charge in [-0.3, -0.25) is 0 Å². The molecule has 1 aliphatic rings. The van der Waals surface area contributed by atoms with Crippen LogP contribution in [-0.4, -0.2) is 24.4 Å². The van der Waals surface area contributed by atoms with Crippen LogP contribution in [0.2, 0.25) is 0 Å². The Balaban J connectivity index is 2.10. The summed E-state index contributed by atoms with van der Waals surface area (Å²) in [4.78, 5) is 0. The third-order valence-corrected chi connectivity index (χ3v) is 2.73. The van der Waals surface area contributed by atoms with Crippen molar-refractivity contribution < 1.29 is 14.6 Å². The van der Waals surface area contributed by atoms with Gasteiger partial charge in [-0.15, -0.1) is 0 Å². The summed E-state index contributed by atoms with van der Waals surface area (Å²) in [7, 11) is 0. The van der Waals surface area contributed by atoms with E-state index in [0.29, 0.717) is 12.4 Å². The number of ether oxygens (including phenoxy) is 2. The number of rotatable bonds is 1. The lowest BCUT2D eigenvalue weighted by molar-refractivity contribution is 0.0459. The molecule has 3 heteroatoms. The lowest BCUT2D eigenvalue weighted by atomic mass is 10.1. The molecular weight excluding hydrogens is 204 g/mol. The van der Waals surface area contributed by atoms with Crippen molar-refractivity contribution in [1.82, 2.24) is 0 Å². The Morgan fingerprint density at radius 3 is 2.50 bits per heavy atom. The van der Waals surface area contributed by atoms with E-state index in [9.17, 15) is 0 Å². The summed E-state index contributed by atoms with van der Waals surface area (Å²) in [6, 6.07) is 12.0. The summed E-state index contributed by atoms with van der Waals surface area (Å²) < 4.78 is 11.2. The van der Waals surface area contributed by atoms with Crippen LogP contribution >= 0.6 is 0 Å². The predicted octanol–water partition coefficient (Wildman–Crippen LogP) is 1.97. The zero-order chi connectivity index (χ0) is 11.0. The number of fused-ring (bicyclic) bond motifs is 2. The molecule has 1 heterocycles. The first kappa shape index (κ1) is 9.48. The Kier molecular flexibility index (Phi) is 2.18. The highest BCUT2D eigenvalue weighted by Gasteiger charge is 2.20. The van der Waals surface area contributed by atoms with E-state index in [2.05, 4.69) is 0 Å². The summed E-state index contributed by atoms with van der Waals surface area (Å²) in [6.45, 7) is 0.383. The van der Waals surface area contributed by atoms with E-state index in [1.54, 1.807) is 0 Å². The van der Waals surface area contributed by atoms with Crippen LogP contribution in [0.3, 0.4) is 0 Å². The zero-order valence-electron chi connectivity index (χ0n) is 8.72. The maximum absolute atomic E-state index is 9.02. The summed E-state index contributed by atoms with van der Waals surface area (Å²) in [5, 5.41) is 11.3. The van der Waals surface area contributed by atoms with Gasteiger partial charge in [0.15, 0.2) is 17.6 Å². The van der Waals surface area contributed by atoms with E-state index in [0.717, 1.165) is 16.5 Å². The van der Waals surface area contributed by atoms with Crippen LogP contribution in [0.15, 0.2) is 36.4 Å². The number of benzene rings is 2. The van der Waals surface area contributed by atoms with Crippen LogP contribution < -0.4 is 9.47 Å². The Labute approximate surface area is 93.2 Å². The number of hydrogen-bond donors (Lipinski definition) is 1. The van der Waals surface area contributed by atoms with E-state index >= 15 is 0 Å². The van der Waals surface area contributed by atoms with Gasteiger partial charge in [0.05, 0.1) is 6.61 Å². The molecule has 0 aliphatic carbocycles. The number of aliphatic hydroxyl groups excluding tert-OH is 1. The topological polar surface area (TPSA) is 38.7 Å². The fourth-order valence-corrected chi connectivity index (χ4v) is 1.89. The molecule has 0 bridgehead atoms. The Bertz CT molecular complexity index is 522. The summed E-state index contributed by atoms with van der Waals surface area (Å²) >= 11 is 0. The van der Waals surface area contributed by atoms with E-state index in [1.165, 1.54) is 0 Å². The van der Waals surface area contributed by atoms with Gasteiger partial charge in [0, 0.05) is 0 Å². The molecule has 16 heavy (non-hydrogen) atoms. The molecule has 1 unspecified atom stereocenters. The Hall–Kier alpha value is -1.74. The van der Waals surface area contributed by atoms with Crippen molar-refractivity contribution in [3.05, 3.63) is 36.4 Å². The van der Waals surface area contributed by atoms with Crippen molar-refractivity contribution in [2.24, 2.45) is 0 Å². The van der Waals surface area contributed by atoms with Gasteiger partial charge >= 0.3 is 0 Å². The summed E-state index contributed by atoms with van der Waals surface area (Å²) in [6.07, 6.45) is -0.256. The molecule has 82 valence electrons. The molecule has 0 spiro atoms. The highest BCUT2D eigenvalue weighted by molar-refractivity contribution is 5.86. The van der Waals surface area contributed by atoms with Crippen LogP contribution in [-0.2, 0) is 0 Å². The van der Waals surface area contributed by atoms with Crippen LogP contribution in [0.1, 0.15) is 0 Å². The first-order valence-corrected chi connectivity index (χ1v) is 5.30. The van der Waals surface area contributed by atoms with E-state index in [-0.39, 0.29) is 12.7 Å². The Morgan fingerprint density at radius 1 is 1.12 bits per heavy atom. The molecular formula is C13H12O3. The maximum atomic E-state index is 9.02. The van der Waals surface area contributed by atoms with E-state index in [4.69, 9.17) is 14.6 Å². The SMILES string of the molecule is OCC1COc2cc3ccccc3cc2O1. The molecule has 0 aromatic heterocycles. The predicted molar refractivity (Wildman–Crippen MR) is 60.9 cm³/mol. The standard InChI is InChI=1S/C13H12O3/c14-7-11-8-15-12-5-9-3-1-2-4-10(9)6-13(12)16-11/h1-6,11,14H,7-8H2. The van der Waals surface area contributed by atoms with Crippen molar-refractivity contribution in [2.75, 3.05) is 13.2 Å². The first-order valence-electron chi connectivity index (χ1n) is 5.30. The van der Waals surface area contributed by atoms with Crippen LogP contribution in [0.25, 0.3) is 10.8 Å². The lowest BCUT2D eigenvalue weighted by Gasteiger charge is -2.25. The summed E-state index contributed by atoms with van der Waals surface area (Å²) in [5.41, 5.74) is 0. The smallest absolute Gasteiger partial charge is 0.162 e. The number of hydrogen-bond acceptors (Lipinski definition) is 3. The average molecular weight is 216 g/mol. The highest BCUT2D eigenvalue weighted by atomic mass is 16.6. The minimum absolute atomic E-state index is 0.0216. The van der Waals surface area contributed by atoms with Gasteiger partial charge in [-0.2, -0.15) is 0 Å². The van der Waals surface area contributed by atoms with Crippen molar-refractivity contribution >= 4 is 10.8 Å². The second-order valence-electron chi connectivity index (χ2n) is 3.88. The van der Waals surface area contributed by atoms with E-state index < -0.39 is 0 Å².